The molecule has 1 N–H and O–H groups in total. The summed E-state index contributed by atoms with van der Waals surface area (Å²) >= 11 is 12.8. The molecule has 5 rings (SSSR count). The Morgan fingerprint density at radius 1 is 0.889 bits per heavy atom. The number of carbonyl (C=O) groups is 2. The van der Waals surface area contributed by atoms with Gasteiger partial charge in [0.15, 0.2) is 0 Å². The van der Waals surface area contributed by atoms with Crippen LogP contribution in [0.25, 0.3) is 10.8 Å². The van der Waals surface area contributed by atoms with Crippen molar-refractivity contribution in [1.29, 1.82) is 0 Å². The fourth-order valence-electron chi connectivity index (χ4n) is 5.95. The van der Waals surface area contributed by atoms with Gasteiger partial charge in [-0.2, -0.15) is 0 Å². The number of nitrogens with zero attached hydrogens (tertiary/aromatic N) is 2. The molecule has 10 heteroatoms. The van der Waals surface area contributed by atoms with Gasteiger partial charge in [-0.3, -0.25) is 13.9 Å². The van der Waals surface area contributed by atoms with E-state index >= 15 is 0 Å². The minimum atomic E-state index is -3.91. The largest absolute Gasteiger partial charge is 0.352 e. The number of benzene rings is 4. The van der Waals surface area contributed by atoms with Crippen LogP contribution in [0.5, 0.6) is 0 Å². The number of halogens is 2. The van der Waals surface area contributed by atoms with Crippen LogP contribution in [0.15, 0.2) is 91.0 Å². The second-order valence-electron chi connectivity index (χ2n) is 11.6. The van der Waals surface area contributed by atoms with Gasteiger partial charge in [0, 0.05) is 34.4 Å². The summed E-state index contributed by atoms with van der Waals surface area (Å²) in [7, 11) is -3.91. The molecule has 0 bridgehead atoms. The summed E-state index contributed by atoms with van der Waals surface area (Å²) in [6.45, 7) is -0.516. The van der Waals surface area contributed by atoms with Gasteiger partial charge in [0.05, 0.1) is 11.9 Å². The van der Waals surface area contributed by atoms with Gasteiger partial charge in [0.2, 0.25) is 21.8 Å². The highest BCUT2D eigenvalue weighted by Gasteiger charge is 2.34. The fraction of sp³-hybridized carbons (Fsp3) is 0.314. The van der Waals surface area contributed by atoms with Crippen LogP contribution in [0.3, 0.4) is 0 Å². The molecule has 4 aromatic rings. The number of hydrogen-bond donors (Lipinski definition) is 1. The van der Waals surface area contributed by atoms with Crippen LogP contribution >= 0.6 is 23.2 Å². The van der Waals surface area contributed by atoms with E-state index in [4.69, 9.17) is 23.2 Å². The summed E-state index contributed by atoms with van der Waals surface area (Å²) in [5, 5.41) is 5.53. The number of anilines is 1. The molecule has 2 amide bonds. The molecule has 1 saturated carbocycles. The van der Waals surface area contributed by atoms with E-state index in [2.05, 4.69) is 5.32 Å². The van der Waals surface area contributed by atoms with Gasteiger partial charge in [-0.15, -0.1) is 0 Å². The molecule has 4 aromatic carbocycles. The lowest BCUT2D eigenvalue weighted by Crippen LogP contribution is -2.55. The van der Waals surface area contributed by atoms with E-state index in [1.54, 1.807) is 30.3 Å². The first kappa shape index (κ1) is 32.8. The number of carbonyl (C=O) groups excluding carboxylic acids is 2. The molecule has 1 fully saturated rings. The van der Waals surface area contributed by atoms with Crippen LogP contribution in [-0.4, -0.2) is 50.0 Å². The standard InChI is InChI=1S/C35H37Cl2N3O4S/c1-45(43,44)40(32-18-10-14-26-13-8-9-17-30(26)32)24-34(41)39(23-27-19-20-28(36)22-31(27)37)33(21-25-11-4-2-5-12-25)35(42)38-29-15-6-3-7-16-29/h2,4-5,8-14,17-20,22,29,33H,3,6-7,15-16,21,23-24H2,1H3,(H,38,42)/t33-/m1/s1. The zero-order valence-corrected chi connectivity index (χ0v) is 27.5. The molecular formula is C35H37Cl2N3O4S. The topological polar surface area (TPSA) is 86.8 Å². The monoisotopic (exact) mass is 665 g/mol. The minimum Gasteiger partial charge on any atom is -0.352 e. The molecule has 236 valence electrons. The lowest BCUT2D eigenvalue weighted by molar-refractivity contribution is -0.140. The summed E-state index contributed by atoms with van der Waals surface area (Å²) in [6.07, 6.45) is 6.28. The summed E-state index contributed by atoms with van der Waals surface area (Å²) < 4.78 is 27.7. The third-order valence-electron chi connectivity index (χ3n) is 8.29. The SMILES string of the molecule is CS(=O)(=O)N(CC(=O)N(Cc1ccc(Cl)cc1Cl)[C@H](Cc1ccccc1)C(=O)NC1CCCCC1)c1cccc2ccccc12. The molecule has 7 nitrogen and oxygen atoms in total. The second-order valence-corrected chi connectivity index (χ2v) is 14.3. The van der Waals surface area contributed by atoms with Crippen molar-refractivity contribution in [1.82, 2.24) is 10.2 Å². The first-order valence-electron chi connectivity index (χ1n) is 15.1. The van der Waals surface area contributed by atoms with Gasteiger partial charge >= 0.3 is 0 Å². The van der Waals surface area contributed by atoms with Crippen molar-refractivity contribution in [2.24, 2.45) is 0 Å². The molecule has 0 heterocycles. The van der Waals surface area contributed by atoms with Crippen LogP contribution in [0.2, 0.25) is 10.0 Å². The molecule has 1 aliphatic rings. The van der Waals surface area contributed by atoms with E-state index in [1.807, 2.05) is 60.7 Å². The molecule has 0 aliphatic heterocycles. The van der Waals surface area contributed by atoms with E-state index in [9.17, 15) is 18.0 Å². The molecular weight excluding hydrogens is 629 g/mol. The quantitative estimate of drug-likeness (QED) is 0.187. The molecule has 1 aliphatic carbocycles. The number of nitrogens with one attached hydrogen (secondary N) is 1. The summed E-state index contributed by atoms with van der Waals surface area (Å²) in [5.74, 6) is -0.806. The van der Waals surface area contributed by atoms with Crippen molar-refractivity contribution in [2.45, 2.75) is 57.2 Å². The normalized spacial score (nSPS) is 14.6. The summed E-state index contributed by atoms with van der Waals surface area (Å²) in [5.41, 5.74) is 1.85. The zero-order valence-electron chi connectivity index (χ0n) is 25.2. The predicted molar refractivity (Wildman–Crippen MR) is 182 cm³/mol. The number of rotatable bonds is 11. The maximum Gasteiger partial charge on any atom is 0.244 e. The van der Waals surface area contributed by atoms with Gasteiger partial charge < -0.3 is 10.2 Å². The maximum absolute atomic E-state index is 14.5. The van der Waals surface area contributed by atoms with Crippen LogP contribution in [0.4, 0.5) is 5.69 Å². The predicted octanol–water partition coefficient (Wildman–Crippen LogP) is 7.00. The molecule has 0 radical (unpaired) electrons. The Morgan fingerprint density at radius 3 is 2.29 bits per heavy atom. The lowest BCUT2D eigenvalue weighted by Gasteiger charge is -2.35. The van der Waals surface area contributed by atoms with Crippen LogP contribution in [0.1, 0.15) is 43.2 Å². The Balaban J connectivity index is 1.56. The Labute approximate surface area is 275 Å². The molecule has 0 aromatic heterocycles. The molecule has 0 saturated heterocycles. The third kappa shape index (κ3) is 8.37. The second kappa shape index (κ2) is 14.7. The lowest BCUT2D eigenvalue weighted by atomic mass is 9.94. The van der Waals surface area contributed by atoms with Gasteiger partial charge in [-0.05, 0) is 47.6 Å². The molecule has 0 spiro atoms. The fourth-order valence-corrected chi connectivity index (χ4v) is 7.28. The Hall–Kier alpha value is -3.59. The van der Waals surface area contributed by atoms with Crippen molar-refractivity contribution in [2.75, 3.05) is 17.1 Å². The van der Waals surface area contributed by atoms with Crippen molar-refractivity contribution in [3.8, 4) is 0 Å². The van der Waals surface area contributed by atoms with Gasteiger partial charge in [-0.1, -0.05) is 115 Å². The highest BCUT2D eigenvalue weighted by molar-refractivity contribution is 7.92. The third-order valence-corrected chi connectivity index (χ3v) is 10.0. The van der Waals surface area contributed by atoms with E-state index < -0.39 is 28.5 Å². The van der Waals surface area contributed by atoms with Crippen LogP contribution in [0, 0.1) is 0 Å². The Kier molecular flexibility index (Phi) is 10.7. The average Bonchev–Trinajstić information content (AvgIpc) is 3.02. The van der Waals surface area contributed by atoms with E-state index in [0.29, 0.717) is 26.7 Å². The molecule has 1 atom stereocenters. The van der Waals surface area contributed by atoms with Crippen LogP contribution in [-0.2, 0) is 32.6 Å². The van der Waals surface area contributed by atoms with E-state index in [1.165, 1.54) is 4.90 Å². The molecule has 0 unspecified atom stereocenters. The zero-order chi connectivity index (χ0) is 32.0. The average molecular weight is 667 g/mol. The van der Waals surface area contributed by atoms with Crippen molar-refractivity contribution in [3.05, 3.63) is 112 Å². The number of sulfonamides is 1. The van der Waals surface area contributed by atoms with Gasteiger partial charge in [0.1, 0.15) is 12.6 Å². The smallest absolute Gasteiger partial charge is 0.244 e. The van der Waals surface area contributed by atoms with Crippen LogP contribution < -0.4 is 9.62 Å². The molecule has 45 heavy (non-hydrogen) atoms. The highest BCUT2D eigenvalue weighted by atomic mass is 35.5. The first-order chi connectivity index (χ1) is 21.6. The van der Waals surface area contributed by atoms with Gasteiger partial charge in [-0.25, -0.2) is 8.42 Å². The highest BCUT2D eigenvalue weighted by Crippen LogP contribution is 2.30. The summed E-state index contributed by atoms with van der Waals surface area (Å²) in [4.78, 5) is 30.1. The number of fused-ring (bicyclic) bond motifs is 1. The Bertz CT molecular complexity index is 1760. The summed E-state index contributed by atoms with van der Waals surface area (Å²) in [6, 6.07) is 26.3. The van der Waals surface area contributed by atoms with E-state index in [-0.39, 0.29) is 24.9 Å². The number of amides is 2. The minimum absolute atomic E-state index is 0.0163. The van der Waals surface area contributed by atoms with Crippen molar-refractivity contribution < 1.29 is 18.0 Å². The first-order valence-corrected chi connectivity index (χ1v) is 17.7. The maximum atomic E-state index is 14.5. The Morgan fingerprint density at radius 2 is 1.58 bits per heavy atom. The number of hydrogen-bond acceptors (Lipinski definition) is 4. The van der Waals surface area contributed by atoms with Crippen molar-refractivity contribution in [3.63, 3.8) is 0 Å². The van der Waals surface area contributed by atoms with E-state index in [0.717, 1.165) is 53.6 Å². The van der Waals surface area contributed by atoms with Gasteiger partial charge in [0.25, 0.3) is 0 Å². The van der Waals surface area contributed by atoms with Crippen molar-refractivity contribution >= 4 is 61.5 Å².